The van der Waals surface area contributed by atoms with Gasteiger partial charge in [-0.1, -0.05) is 48.5 Å². The first kappa shape index (κ1) is 12.8. The van der Waals surface area contributed by atoms with Crippen molar-refractivity contribution in [3.8, 4) is 22.5 Å². The summed E-state index contributed by atoms with van der Waals surface area (Å²) in [5.74, 6) is 0.887. The molecule has 1 N–H and O–H groups in total. The number of aromatic nitrogens is 3. The van der Waals surface area contributed by atoms with Gasteiger partial charge in [-0.2, -0.15) is 0 Å². The monoisotopic (exact) mass is 285 g/mol. The molecule has 0 radical (unpaired) electrons. The van der Waals surface area contributed by atoms with Gasteiger partial charge in [-0.15, -0.1) is 0 Å². The highest BCUT2D eigenvalue weighted by molar-refractivity contribution is 5.81. The van der Waals surface area contributed by atoms with Gasteiger partial charge < -0.3 is 4.98 Å². The van der Waals surface area contributed by atoms with Gasteiger partial charge in [0.25, 0.3) is 0 Å². The highest BCUT2D eigenvalue weighted by Crippen LogP contribution is 2.31. The Morgan fingerprint density at radius 3 is 2.50 bits per heavy atom. The van der Waals surface area contributed by atoms with E-state index >= 15 is 0 Å². The molecule has 0 aliphatic rings. The molecule has 2 aromatic heterocycles. The summed E-state index contributed by atoms with van der Waals surface area (Å²) in [6.07, 6.45) is 3.56. The number of imidazole rings is 1. The van der Waals surface area contributed by atoms with Crippen LogP contribution in [-0.2, 0) is 0 Å². The number of nitrogens with zero attached hydrogens (tertiary/aromatic N) is 2. The van der Waals surface area contributed by atoms with Gasteiger partial charge in [-0.3, -0.25) is 4.98 Å². The number of hydrogen-bond donors (Lipinski definition) is 1. The Bertz CT molecular complexity index is 906. The van der Waals surface area contributed by atoms with Crippen LogP contribution in [0.5, 0.6) is 0 Å². The molecule has 3 nitrogen and oxygen atoms in total. The summed E-state index contributed by atoms with van der Waals surface area (Å²) in [5, 5.41) is 0. The van der Waals surface area contributed by atoms with Gasteiger partial charge in [0, 0.05) is 11.8 Å². The SMILES string of the molecule is Cc1c(-c2ccccc2)cccc1-c1nc2cnccc2[nH]1. The van der Waals surface area contributed by atoms with E-state index in [2.05, 4.69) is 64.3 Å². The molecular formula is C19H15N3. The van der Waals surface area contributed by atoms with Gasteiger partial charge >= 0.3 is 0 Å². The van der Waals surface area contributed by atoms with Gasteiger partial charge in [0.15, 0.2) is 0 Å². The van der Waals surface area contributed by atoms with Gasteiger partial charge in [-0.05, 0) is 29.7 Å². The number of H-pyrrole nitrogens is 1. The molecular weight excluding hydrogens is 270 g/mol. The van der Waals surface area contributed by atoms with E-state index < -0.39 is 0 Å². The van der Waals surface area contributed by atoms with Gasteiger partial charge in [0.05, 0.1) is 11.7 Å². The third kappa shape index (κ3) is 2.07. The second kappa shape index (κ2) is 5.11. The van der Waals surface area contributed by atoms with Crippen LogP contribution in [0.25, 0.3) is 33.5 Å². The first-order valence-corrected chi connectivity index (χ1v) is 7.28. The quantitative estimate of drug-likeness (QED) is 0.584. The van der Waals surface area contributed by atoms with E-state index in [1.165, 1.54) is 16.7 Å². The fourth-order valence-corrected chi connectivity index (χ4v) is 2.81. The Balaban J connectivity index is 1.89. The minimum atomic E-state index is 0.887. The Morgan fingerprint density at radius 1 is 0.864 bits per heavy atom. The maximum atomic E-state index is 4.66. The van der Waals surface area contributed by atoms with E-state index in [-0.39, 0.29) is 0 Å². The van der Waals surface area contributed by atoms with Gasteiger partial charge in [-0.25, -0.2) is 4.98 Å². The second-order valence-electron chi connectivity index (χ2n) is 5.32. The van der Waals surface area contributed by atoms with Crippen molar-refractivity contribution in [2.24, 2.45) is 0 Å². The Kier molecular flexibility index (Phi) is 2.97. The molecule has 0 amide bonds. The maximum Gasteiger partial charge on any atom is 0.138 e. The average Bonchev–Trinajstić information content (AvgIpc) is 2.99. The van der Waals surface area contributed by atoms with Crippen LogP contribution >= 0.6 is 0 Å². The molecule has 2 aromatic carbocycles. The highest BCUT2D eigenvalue weighted by atomic mass is 14.9. The topological polar surface area (TPSA) is 41.6 Å². The van der Waals surface area contributed by atoms with Crippen molar-refractivity contribution in [3.05, 3.63) is 72.6 Å². The molecule has 0 bridgehead atoms. The van der Waals surface area contributed by atoms with Gasteiger partial charge in [0.1, 0.15) is 11.3 Å². The lowest BCUT2D eigenvalue weighted by atomic mass is 9.96. The van der Waals surface area contributed by atoms with Crippen LogP contribution in [0.3, 0.4) is 0 Å². The number of aromatic amines is 1. The molecule has 22 heavy (non-hydrogen) atoms. The molecule has 0 aliphatic carbocycles. The number of hydrogen-bond acceptors (Lipinski definition) is 2. The fourth-order valence-electron chi connectivity index (χ4n) is 2.81. The number of pyridine rings is 1. The van der Waals surface area contributed by atoms with Crippen LogP contribution < -0.4 is 0 Å². The molecule has 3 heteroatoms. The molecule has 106 valence electrons. The van der Waals surface area contributed by atoms with Crippen LogP contribution in [0, 0.1) is 6.92 Å². The van der Waals surface area contributed by atoms with Crippen LogP contribution in [0.1, 0.15) is 5.56 Å². The fraction of sp³-hybridized carbons (Fsp3) is 0.0526. The first-order valence-electron chi connectivity index (χ1n) is 7.28. The summed E-state index contributed by atoms with van der Waals surface area (Å²) in [4.78, 5) is 12.2. The lowest BCUT2D eigenvalue weighted by Crippen LogP contribution is -1.89. The lowest BCUT2D eigenvalue weighted by molar-refractivity contribution is 1.30. The van der Waals surface area contributed by atoms with E-state index in [1.807, 2.05) is 12.1 Å². The summed E-state index contributed by atoms with van der Waals surface area (Å²) in [6.45, 7) is 2.14. The number of fused-ring (bicyclic) bond motifs is 1. The van der Waals surface area contributed by atoms with Gasteiger partial charge in [0.2, 0.25) is 0 Å². The third-order valence-corrected chi connectivity index (χ3v) is 3.96. The molecule has 4 rings (SSSR count). The first-order chi connectivity index (χ1) is 10.8. The van der Waals surface area contributed by atoms with Crippen molar-refractivity contribution in [2.45, 2.75) is 6.92 Å². The zero-order valence-corrected chi connectivity index (χ0v) is 12.2. The Hall–Kier alpha value is -2.94. The maximum absolute atomic E-state index is 4.66. The van der Waals surface area contributed by atoms with Crippen molar-refractivity contribution in [1.29, 1.82) is 0 Å². The summed E-state index contributed by atoms with van der Waals surface area (Å²) in [7, 11) is 0. The molecule has 0 unspecified atom stereocenters. The van der Waals surface area contributed by atoms with Crippen molar-refractivity contribution >= 4 is 11.0 Å². The third-order valence-electron chi connectivity index (χ3n) is 3.96. The lowest BCUT2D eigenvalue weighted by Gasteiger charge is -2.10. The van der Waals surface area contributed by atoms with Crippen molar-refractivity contribution in [2.75, 3.05) is 0 Å². The van der Waals surface area contributed by atoms with Crippen molar-refractivity contribution in [3.63, 3.8) is 0 Å². The van der Waals surface area contributed by atoms with Crippen molar-refractivity contribution < 1.29 is 0 Å². The summed E-state index contributed by atoms with van der Waals surface area (Å²) in [5.41, 5.74) is 6.70. The number of nitrogens with one attached hydrogen (secondary N) is 1. The van der Waals surface area contributed by atoms with E-state index in [1.54, 1.807) is 12.4 Å². The Labute approximate surface area is 128 Å². The predicted octanol–water partition coefficient (Wildman–Crippen LogP) is 4.60. The number of benzene rings is 2. The molecule has 2 heterocycles. The van der Waals surface area contributed by atoms with Crippen LogP contribution in [-0.4, -0.2) is 15.0 Å². The second-order valence-corrected chi connectivity index (χ2v) is 5.32. The highest BCUT2D eigenvalue weighted by Gasteiger charge is 2.11. The van der Waals surface area contributed by atoms with Crippen molar-refractivity contribution in [1.82, 2.24) is 15.0 Å². The standard InChI is InChI=1S/C19H15N3/c1-13-15(14-6-3-2-4-7-14)8-5-9-16(13)19-21-17-10-11-20-12-18(17)22-19/h2-12H,1H3,(H,21,22). The summed E-state index contributed by atoms with van der Waals surface area (Å²) < 4.78 is 0. The normalized spacial score (nSPS) is 11.0. The summed E-state index contributed by atoms with van der Waals surface area (Å²) >= 11 is 0. The van der Waals surface area contributed by atoms with Crippen LogP contribution in [0.4, 0.5) is 0 Å². The molecule has 0 saturated heterocycles. The van der Waals surface area contributed by atoms with E-state index in [0.717, 1.165) is 22.4 Å². The molecule has 0 fully saturated rings. The molecule has 4 aromatic rings. The Morgan fingerprint density at radius 2 is 1.68 bits per heavy atom. The summed E-state index contributed by atoms with van der Waals surface area (Å²) in [6, 6.07) is 18.7. The predicted molar refractivity (Wildman–Crippen MR) is 89.5 cm³/mol. The zero-order valence-electron chi connectivity index (χ0n) is 12.2. The van der Waals surface area contributed by atoms with E-state index in [4.69, 9.17) is 0 Å². The molecule has 0 aliphatic heterocycles. The minimum Gasteiger partial charge on any atom is -0.338 e. The largest absolute Gasteiger partial charge is 0.338 e. The zero-order chi connectivity index (χ0) is 14.9. The molecule has 0 atom stereocenters. The van der Waals surface area contributed by atoms with E-state index in [0.29, 0.717) is 0 Å². The smallest absolute Gasteiger partial charge is 0.138 e. The van der Waals surface area contributed by atoms with Crippen LogP contribution in [0.15, 0.2) is 67.0 Å². The number of rotatable bonds is 2. The minimum absolute atomic E-state index is 0.887. The molecule has 0 saturated carbocycles. The average molecular weight is 285 g/mol. The molecule has 0 spiro atoms. The van der Waals surface area contributed by atoms with Crippen LogP contribution in [0.2, 0.25) is 0 Å². The van der Waals surface area contributed by atoms with E-state index in [9.17, 15) is 0 Å².